The molecular formula is C24H32N2O5. The molecule has 0 aliphatic rings. The number of ether oxygens (including phenoxy) is 1. The van der Waals surface area contributed by atoms with Crippen LogP contribution < -0.4 is 10.6 Å². The summed E-state index contributed by atoms with van der Waals surface area (Å²) in [5.41, 5.74) is 0.613. The molecule has 0 saturated heterocycles. The Morgan fingerprint density at radius 1 is 0.903 bits per heavy atom. The molecule has 7 heteroatoms. The lowest BCUT2D eigenvalue weighted by atomic mass is 9.94. The summed E-state index contributed by atoms with van der Waals surface area (Å²) in [6.45, 7) is 6.82. The summed E-state index contributed by atoms with van der Waals surface area (Å²) in [7, 11) is 0. The Hall–Kier alpha value is -2.90. The predicted octanol–water partition coefficient (Wildman–Crippen LogP) is 2.66. The van der Waals surface area contributed by atoms with E-state index in [0.717, 1.165) is 5.56 Å². The van der Waals surface area contributed by atoms with Gasteiger partial charge in [0.05, 0.1) is 12.1 Å². The summed E-state index contributed by atoms with van der Waals surface area (Å²) in [6.07, 6.45) is -3.09. The van der Waals surface area contributed by atoms with Gasteiger partial charge in [-0.05, 0) is 51.8 Å². The van der Waals surface area contributed by atoms with Crippen LogP contribution in [0.5, 0.6) is 0 Å². The molecule has 2 rings (SSSR count). The molecule has 0 saturated carbocycles. The van der Waals surface area contributed by atoms with Crippen LogP contribution in [0.3, 0.4) is 0 Å². The zero-order valence-corrected chi connectivity index (χ0v) is 18.4. The van der Waals surface area contributed by atoms with Crippen LogP contribution in [0.25, 0.3) is 0 Å². The number of aliphatic hydroxyl groups is 2. The lowest BCUT2D eigenvalue weighted by Gasteiger charge is -2.32. The molecule has 7 nitrogen and oxygen atoms in total. The Morgan fingerprint density at radius 2 is 1.45 bits per heavy atom. The summed E-state index contributed by atoms with van der Waals surface area (Å²) >= 11 is 0. The van der Waals surface area contributed by atoms with Crippen molar-refractivity contribution in [2.75, 3.05) is 0 Å². The van der Waals surface area contributed by atoms with Gasteiger partial charge in [-0.25, -0.2) is 4.79 Å². The van der Waals surface area contributed by atoms with Gasteiger partial charge in [0.25, 0.3) is 5.91 Å². The molecule has 0 bridgehead atoms. The molecule has 0 radical (unpaired) electrons. The van der Waals surface area contributed by atoms with Crippen LogP contribution in [0.15, 0.2) is 60.7 Å². The summed E-state index contributed by atoms with van der Waals surface area (Å²) < 4.78 is 5.31. The molecule has 31 heavy (non-hydrogen) atoms. The van der Waals surface area contributed by atoms with Gasteiger partial charge in [-0.2, -0.15) is 0 Å². The number of carbonyl (C=O) groups is 2. The largest absolute Gasteiger partial charge is 0.444 e. The number of rotatable bonds is 8. The Labute approximate surface area is 183 Å². The highest BCUT2D eigenvalue weighted by Crippen LogP contribution is 2.14. The number of carbonyl (C=O) groups excluding carboxylic acids is 2. The molecule has 0 aromatic heterocycles. The normalized spacial score (nSPS) is 15.3. The minimum atomic E-state index is -1.35. The smallest absolute Gasteiger partial charge is 0.407 e. The van der Waals surface area contributed by atoms with E-state index >= 15 is 0 Å². The minimum absolute atomic E-state index is 0.275. The molecule has 0 spiro atoms. The first kappa shape index (κ1) is 24.4. The van der Waals surface area contributed by atoms with Gasteiger partial charge in [0.15, 0.2) is 0 Å². The first-order valence-corrected chi connectivity index (χ1v) is 10.3. The summed E-state index contributed by atoms with van der Waals surface area (Å²) in [5.74, 6) is -0.362. The molecule has 2 aromatic carbocycles. The van der Waals surface area contributed by atoms with Gasteiger partial charge in [0, 0.05) is 5.56 Å². The van der Waals surface area contributed by atoms with Crippen LogP contribution in [0.1, 0.15) is 43.6 Å². The molecule has 0 aliphatic heterocycles. The van der Waals surface area contributed by atoms with Crippen molar-refractivity contribution in [1.82, 2.24) is 10.6 Å². The molecular weight excluding hydrogens is 396 g/mol. The third-order valence-electron chi connectivity index (χ3n) is 4.67. The summed E-state index contributed by atoms with van der Waals surface area (Å²) in [4.78, 5) is 24.7. The van der Waals surface area contributed by atoms with Crippen LogP contribution in [-0.4, -0.2) is 52.1 Å². The van der Waals surface area contributed by atoms with E-state index in [1.165, 1.54) is 0 Å². The maximum Gasteiger partial charge on any atom is 0.407 e. The van der Waals surface area contributed by atoms with Crippen molar-refractivity contribution in [3.63, 3.8) is 0 Å². The van der Waals surface area contributed by atoms with Gasteiger partial charge in [0.2, 0.25) is 0 Å². The van der Waals surface area contributed by atoms with E-state index in [1.807, 2.05) is 30.3 Å². The first-order chi connectivity index (χ1) is 14.6. The van der Waals surface area contributed by atoms with Crippen LogP contribution in [0.2, 0.25) is 0 Å². The molecule has 0 unspecified atom stereocenters. The second-order valence-electron chi connectivity index (χ2n) is 8.55. The second kappa shape index (κ2) is 10.9. The van der Waals surface area contributed by atoms with E-state index in [1.54, 1.807) is 58.0 Å². The molecule has 0 fully saturated rings. The predicted molar refractivity (Wildman–Crippen MR) is 119 cm³/mol. The zero-order valence-electron chi connectivity index (χ0n) is 18.4. The van der Waals surface area contributed by atoms with E-state index < -0.39 is 36.0 Å². The molecule has 2 amide bonds. The van der Waals surface area contributed by atoms with Crippen LogP contribution in [0, 0.1) is 0 Å². The van der Waals surface area contributed by atoms with Crippen molar-refractivity contribution < 1.29 is 24.5 Å². The molecule has 0 aliphatic carbocycles. The molecule has 2 aromatic rings. The number of hydrogen-bond donors (Lipinski definition) is 4. The second-order valence-corrected chi connectivity index (χ2v) is 8.55. The number of benzene rings is 2. The molecule has 0 heterocycles. The molecule has 168 valence electrons. The van der Waals surface area contributed by atoms with Crippen LogP contribution in [0.4, 0.5) is 4.79 Å². The van der Waals surface area contributed by atoms with Gasteiger partial charge >= 0.3 is 6.09 Å². The third kappa shape index (κ3) is 8.03. The standard InChI is InChI=1S/C24H32N2O5/c1-16(25-22(29)18-13-9-6-10-14-18)20(27)21(28)19(15-17-11-7-5-8-12-17)26-23(30)31-24(2,3)4/h5-14,16,19-21,27-28H,15H2,1-4H3,(H,25,29)(H,26,30)/t16-,19+,20-,21-/m1/s1. The Bertz CT molecular complexity index is 836. The van der Waals surface area contributed by atoms with E-state index in [0.29, 0.717) is 5.56 Å². The Balaban J connectivity index is 2.10. The van der Waals surface area contributed by atoms with Crippen molar-refractivity contribution in [2.24, 2.45) is 0 Å². The number of amides is 2. The van der Waals surface area contributed by atoms with E-state index in [4.69, 9.17) is 4.74 Å². The fraction of sp³-hybridized carbons (Fsp3) is 0.417. The van der Waals surface area contributed by atoms with Gasteiger partial charge in [-0.3, -0.25) is 4.79 Å². The Kier molecular flexibility index (Phi) is 8.59. The van der Waals surface area contributed by atoms with Crippen LogP contribution in [-0.2, 0) is 11.2 Å². The summed E-state index contributed by atoms with van der Waals surface area (Å²) in [6, 6.07) is 16.3. The monoisotopic (exact) mass is 428 g/mol. The van der Waals surface area contributed by atoms with Crippen molar-refractivity contribution in [3.8, 4) is 0 Å². The third-order valence-corrected chi connectivity index (χ3v) is 4.67. The summed E-state index contributed by atoms with van der Waals surface area (Å²) in [5, 5.41) is 26.9. The van der Waals surface area contributed by atoms with E-state index in [2.05, 4.69) is 10.6 Å². The quantitative estimate of drug-likeness (QED) is 0.517. The maximum atomic E-state index is 12.4. The van der Waals surface area contributed by atoms with Gasteiger partial charge in [0.1, 0.15) is 17.8 Å². The van der Waals surface area contributed by atoms with Crippen molar-refractivity contribution >= 4 is 12.0 Å². The van der Waals surface area contributed by atoms with Crippen molar-refractivity contribution in [1.29, 1.82) is 0 Å². The van der Waals surface area contributed by atoms with Gasteiger partial charge < -0.3 is 25.6 Å². The van der Waals surface area contributed by atoms with E-state index in [-0.39, 0.29) is 12.3 Å². The molecule has 4 atom stereocenters. The number of alkyl carbamates (subject to hydrolysis) is 1. The highest BCUT2D eigenvalue weighted by atomic mass is 16.6. The van der Waals surface area contributed by atoms with Gasteiger partial charge in [-0.1, -0.05) is 48.5 Å². The molecule has 4 N–H and O–H groups in total. The first-order valence-electron chi connectivity index (χ1n) is 10.3. The van der Waals surface area contributed by atoms with Crippen molar-refractivity contribution in [2.45, 2.75) is 64.0 Å². The zero-order chi connectivity index (χ0) is 23.0. The average Bonchev–Trinajstić information content (AvgIpc) is 2.72. The Morgan fingerprint density at radius 3 is 2.00 bits per heavy atom. The fourth-order valence-corrected chi connectivity index (χ4v) is 3.08. The van der Waals surface area contributed by atoms with Crippen LogP contribution >= 0.6 is 0 Å². The average molecular weight is 429 g/mol. The lowest BCUT2D eigenvalue weighted by Crippen LogP contribution is -2.56. The minimum Gasteiger partial charge on any atom is -0.444 e. The fourth-order valence-electron chi connectivity index (χ4n) is 3.08. The highest BCUT2D eigenvalue weighted by Gasteiger charge is 2.33. The maximum absolute atomic E-state index is 12.4. The highest BCUT2D eigenvalue weighted by molar-refractivity contribution is 5.94. The van der Waals surface area contributed by atoms with Crippen molar-refractivity contribution in [3.05, 3.63) is 71.8 Å². The lowest BCUT2D eigenvalue weighted by molar-refractivity contribution is -0.0229. The number of nitrogens with one attached hydrogen (secondary N) is 2. The number of aliphatic hydroxyl groups excluding tert-OH is 2. The number of hydrogen-bond acceptors (Lipinski definition) is 5. The SMILES string of the molecule is C[C@@H](NC(=O)c1ccccc1)[C@@H](O)[C@H](O)[C@H](Cc1ccccc1)NC(=O)OC(C)(C)C. The topological polar surface area (TPSA) is 108 Å². The van der Waals surface area contributed by atoms with Gasteiger partial charge in [-0.15, -0.1) is 0 Å². The van der Waals surface area contributed by atoms with E-state index in [9.17, 15) is 19.8 Å².